The number of carbonyl (C=O) groups is 1. The van der Waals surface area contributed by atoms with Gasteiger partial charge in [-0.2, -0.15) is 5.10 Å². The molecule has 1 amide bonds. The quantitative estimate of drug-likeness (QED) is 0.203. The van der Waals surface area contributed by atoms with E-state index in [1.54, 1.807) is 7.11 Å². The molecule has 0 saturated heterocycles. The minimum atomic E-state index is -1.85. The highest BCUT2D eigenvalue weighted by molar-refractivity contribution is 6.74. The summed E-state index contributed by atoms with van der Waals surface area (Å²) < 4.78 is 14.3. The van der Waals surface area contributed by atoms with E-state index in [4.69, 9.17) is 19.1 Å². The zero-order valence-electron chi connectivity index (χ0n) is 29.7. The average molecular weight is 658 g/mol. The second-order valence-corrected chi connectivity index (χ2v) is 20.6. The van der Waals surface area contributed by atoms with Crippen molar-refractivity contribution in [3.63, 3.8) is 0 Å². The summed E-state index contributed by atoms with van der Waals surface area (Å²) >= 11 is 0. The van der Waals surface area contributed by atoms with E-state index in [0.717, 1.165) is 85.4 Å². The SMILES string of the molecule is COc1ccc(C2CCC(CN(C(=O)C3CCC(O[Si](C)(C)C(C)(C)C)CC3)c3cc(-c4cnn(C5CC5)c4)ccn3)CC2)nc1C. The lowest BCUT2D eigenvalue weighted by atomic mass is 9.79. The van der Waals surface area contributed by atoms with Crippen molar-refractivity contribution >= 4 is 20.0 Å². The highest BCUT2D eigenvalue weighted by atomic mass is 28.4. The molecule has 0 aliphatic heterocycles. The van der Waals surface area contributed by atoms with Gasteiger partial charge in [-0.3, -0.25) is 19.4 Å². The maximum Gasteiger partial charge on any atom is 0.231 e. The minimum absolute atomic E-state index is 0.000141. The summed E-state index contributed by atoms with van der Waals surface area (Å²) in [5.74, 6) is 2.70. The number of aromatic nitrogens is 4. The monoisotopic (exact) mass is 657 g/mol. The van der Waals surface area contributed by atoms with Crippen LogP contribution in [0.2, 0.25) is 18.1 Å². The van der Waals surface area contributed by atoms with Gasteiger partial charge in [0.05, 0.1) is 25.0 Å². The van der Waals surface area contributed by atoms with Crippen LogP contribution >= 0.6 is 0 Å². The Bertz CT molecular complexity index is 1530. The maximum absolute atomic E-state index is 14.5. The van der Waals surface area contributed by atoms with Gasteiger partial charge in [0.25, 0.3) is 0 Å². The van der Waals surface area contributed by atoms with Crippen molar-refractivity contribution < 1.29 is 14.0 Å². The number of anilines is 1. The third kappa shape index (κ3) is 7.83. The molecule has 0 atom stereocenters. The number of ether oxygens (including phenoxy) is 1. The van der Waals surface area contributed by atoms with Crippen molar-refractivity contribution in [1.82, 2.24) is 19.7 Å². The number of amides is 1. The summed E-state index contributed by atoms with van der Waals surface area (Å²) in [4.78, 5) is 26.2. The van der Waals surface area contributed by atoms with E-state index in [0.29, 0.717) is 24.4 Å². The molecule has 3 aromatic heterocycles. The first-order chi connectivity index (χ1) is 22.4. The van der Waals surface area contributed by atoms with Gasteiger partial charge in [-0.25, -0.2) is 4.98 Å². The van der Waals surface area contributed by atoms with E-state index >= 15 is 0 Å². The zero-order valence-corrected chi connectivity index (χ0v) is 30.7. The topological polar surface area (TPSA) is 82.4 Å². The Morgan fingerprint density at radius 2 is 1.70 bits per heavy atom. The van der Waals surface area contributed by atoms with Gasteiger partial charge in [0.2, 0.25) is 5.91 Å². The Balaban J connectivity index is 1.17. The Morgan fingerprint density at radius 1 is 0.979 bits per heavy atom. The Hall–Kier alpha value is -3.04. The molecule has 0 aromatic carbocycles. The lowest BCUT2D eigenvalue weighted by Gasteiger charge is -2.41. The first-order valence-corrected chi connectivity index (χ1v) is 20.8. The normalized spacial score (nSPS) is 23.8. The largest absolute Gasteiger partial charge is 0.495 e. The molecule has 6 rings (SSSR count). The standard InChI is InChI=1S/C38H55N5O3Si/c1-26-35(45-5)19-18-34(41-26)28-10-8-27(9-11-28)24-42(36-22-30(20-21-39-36)31-23-40-43(25-31)32-14-15-32)37(44)29-12-16-33(17-13-29)46-47(6,7)38(2,3)4/h18-23,25,27-29,32-33H,8-17,24H2,1-7H3. The molecule has 254 valence electrons. The van der Waals surface area contributed by atoms with Gasteiger partial charge in [-0.05, 0) is 125 Å². The number of aryl methyl sites for hydroxylation is 1. The van der Waals surface area contributed by atoms with Gasteiger partial charge >= 0.3 is 0 Å². The molecule has 3 fully saturated rings. The fourth-order valence-corrected chi connectivity index (χ4v) is 8.64. The number of carbonyl (C=O) groups excluding carboxylic acids is 1. The fraction of sp³-hybridized carbons (Fsp3) is 0.632. The van der Waals surface area contributed by atoms with Crippen LogP contribution in [0.5, 0.6) is 5.75 Å². The molecule has 0 spiro atoms. The van der Waals surface area contributed by atoms with Crippen molar-refractivity contribution in [3.05, 3.63) is 54.2 Å². The summed E-state index contributed by atoms with van der Waals surface area (Å²) in [5.41, 5.74) is 4.25. The zero-order chi connectivity index (χ0) is 33.3. The third-order valence-electron chi connectivity index (χ3n) is 11.4. The summed E-state index contributed by atoms with van der Waals surface area (Å²) in [6, 6.07) is 8.85. The number of pyridine rings is 2. The first-order valence-electron chi connectivity index (χ1n) is 17.9. The number of hydrogen-bond acceptors (Lipinski definition) is 6. The molecule has 9 heteroatoms. The average Bonchev–Trinajstić information content (AvgIpc) is 3.79. The number of methoxy groups -OCH3 is 1. The molecule has 0 radical (unpaired) electrons. The highest BCUT2D eigenvalue weighted by Gasteiger charge is 2.41. The van der Waals surface area contributed by atoms with Crippen LogP contribution in [0.25, 0.3) is 11.1 Å². The van der Waals surface area contributed by atoms with Crippen LogP contribution in [0.1, 0.15) is 108 Å². The minimum Gasteiger partial charge on any atom is -0.495 e. The highest BCUT2D eigenvalue weighted by Crippen LogP contribution is 2.41. The molecule has 3 saturated carbocycles. The summed E-state index contributed by atoms with van der Waals surface area (Å²) in [6.07, 6.45) is 16.5. The number of nitrogens with zero attached hydrogens (tertiary/aromatic N) is 5. The molecule has 47 heavy (non-hydrogen) atoms. The molecule has 3 aliphatic carbocycles. The Kier molecular flexibility index (Phi) is 9.96. The van der Waals surface area contributed by atoms with E-state index in [1.165, 1.54) is 12.8 Å². The first kappa shape index (κ1) is 33.8. The molecule has 0 bridgehead atoms. The molecular formula is C38H55N5O3Si. The van der Waals surface area contributed by atoms with Crippen molar-refractivity contribution in [2.75, 3.05) is 18.6 Å². The van der Waals surface area contributed by atoms with E-state index in [2.05, 4.69) is 62.0 Å². The number of hydrogen-bond donors (Lipinski definition) is 0. The molecule has 0 N–H and O–H groups in total. The van der Waals surface area contributed by atoms with Crippen molar-refractivity contribution in [2.24, 2.45) is 11.8 Å². The van der Waals surface area contributed by atoms with E-state index < -0.39 is 8.32 Å². The Labute approximate surface area is 282 Å². The van der Waals surface area contributed by atoms with Gasteiger partial charge in [0.1, 0.15) is 11.6 Å². The van der Waals surface area contributed by atoms with Crippen LogP contribution < -0.4 is 9.64 Å². The van der Waals surface area contributed by atoms with Crippen LogP contribution in [0, 0.1) is 18.8 Å². The van der Waals surface area contributed by atoms with Gasteiger partial charge in [0, 0.05) is 48.1 Å². The van der Waals surface area contributed by atoms with E-state index in [-0.39, 0.29) is 23.0 Å². The lowest BCUT2D eigenvalue weighted by Crippen LogP contribution is -2.46. The predicted molar refractivity (Wildman–Crippen MR) is 190 cm³/mol. The van der Waals surface area contributed by atoms with E-state index in [9.17, 15) is 4.79 Å². The van der Waals surface area contributed by atoms with Gasteiger partial charge in [-0.15, -0.1) is 0 Å². The molecule has 3 aliphatic rings. The summed E-state index contributed by atoms with van der Waals surface area (Å²) in [6.45, 7) is 14.3. The van der Waals surface area contributed by atoms with Crippen LogP contribution in [0.3, 0.4) is 0 Å². The maximum atomic E-state index is 14.5. The van der Waals surface area contributed by atoms with Crippen LogP contribution in [-0.4, -0.2) is 53.7 Å². The summed E-state index contributed by atoms with van der Waals surface area (Å²) in [7, 11) is -0.150. The Morgan fingerprint density at radius 3 is 2.34 bits per heavy atom. The smallest absolute Gasteiger partial charge is 0.231 e. The lowest BCUT2D eigenvalue weighted by molar-refractivity contribution is -0.124. The van der Waals surface area contributed by atoms with Crippen molar-refractivity contribution in [3.8, 4) is 16.9 Å². The molecule has 3 heterocycles. The predicted octanol–water partition coefficient (Wildman–Crippen LogP) is 8.88. The fourth-order valence-electron chi connectivity index (χ4n) is 7.22. The van der Waals surface area contributed by atoms with Crippen molar-refractivity contribution in [1.29, 1.82) is 0 Å². The molecule has 3 aromatic rings. The molecular weight excluding hydrogens is 603 g/mol. The van der Waals surface area contributed by atoms with Crippen LogP contribution in [0.4, 0.5) is 5.82 Å². The van der Waals surface area contributed by atoms with Gasteiger partial charge < -0.3 is 9.16 Å². The third-order valence-corrected chi connectivity index (χ3v) is 16.0. The number of rotatable bonds is 10. The summed E-state index contributed by atoms with van der Waals surface area (Å²) in [5, 5.41) is 4.80. The van der Waals surface area contributed by atoms with E-state index in [1.807, 2.05) is 36.4 Å². The molecule has 0 unspecified atom stereocenters. The second kappa shape index (κ2) is 13.8. The second-order valence-electron chi connectivity index (χ2n) is 15.9. The van der Waals surface area contributed by atoms with Crippen LogP contribution in [-0.2, 0) is 9.22 Å². The van der Waals surface area contributed by atoms with Crippen LogP contribution in [0.15, 0.2) is 42.9 Å². The van der Waals surface area contributed by atoms with Crippen molar-refractivity contribution in [2.45, 2.75) is 128 Å². The molecule has 8 nitrogen and oxygen atoms in total. The van der Waals surface area contributed by atoms with Gasteiger partial charge in [-0.1, -0.05) is 20.8 Å². The van der Waals surface area contributed by atoms with Gasteiger partial charge in [0.15, 0.2) is 8.32 Å².